The first kappa shape index (κ1) is 18.7. The summed E-state index contributed by atoms with van der Waals surface area (Å²) in [5.41, 5.74) is -0.221. The molecule has 2 unspecified atom stereocenters. The fourth-order valence-electron chi connectivity index (χ4n) is 7.78. The number of allylic oxidation sites excluding steroid dienone is 2. The summed E-state index contributed by atoms with van der Waals surface area (Å²) >= 11 is 0. The van der Waals surface area contributed by atoms with E-state index < -0.39 is 11.4 Å². The van der Waals surface area contributed by atoms with Gasteiger partial charge in [0.25, 0.3) is 0 Å². The van der Waals surface area contributed by atoms with E-state index >= 15 is 0 Å². The van der Waals surface area contributed by atoms with Gasteiger partial charge in [-0.2, -0.15) is 0 Å². The van der Waals surface area contributed by atoms with Gasteiger partial charge in [-0.05, 0) is 73.7 Å². The summed E-state index contributed by atoms with van der Waals surface area (Å²) in [6, 6.07) is 0. The number of esters is 1. The minimum absolute atomic E-state index is 0.0650. The van der Waals surface area contributed by atoms with Crippen LogP contribution in [-0.4, -0.2) is 29.4 Å². The Bertz CT molecular complexity index is 726. The number of carboxylic acids is 1. The van der Waals surface area contributed by atoms with Crippen molar-refractivity contribution in [3.8, 4) is 0 Å². The average Bonchev–Trinajstić information content (AvgIpc) is 2.84. The van der Waals surface area contributed by atoms with Gasteiger partial charge < -0.3 is 9.84 Å². The third kappa shape index (κ3) is 2.46. The predicted molar refractivity (Wildman–Crippen MR) is 98.8 cm³/mol. The minimum Gasteiger partial charge on any atom is -0.481 e. The third-order valence-corrected chi connectivity index (χ3v) is 8.59. The largest absolute Gasteiger partial charge is 0.481 e. The lowest BCUT2D eigenvalue weighted by molar-refractivity contribution is -0.203. The molecule has 4 aliphatic carbocycles. The number of ether oxygens (including phenoxy) is 1. The Morgan fingerprint density at radius 1 is 1.26 bits per heavy atom. The quantitative estimate of drug-likeness (QED) is 0.601. The lowest BCUT2D eigenvalue weighted by atomic mass is 9.40. The molecular weight excluding hydrogens is 344 g/mol. The summed E-state index contributed by atoms with van der Waals surface area (Å²) in [4.78, 5) is 35.7. The molecule has 7 atom stereocenters. The molecule has 0 aliphatic heterocycles. The van der Waals surface area contributed by atoms with E-state index in [1.165, 1.54) is 6.92 Å². The zero-order valence-electron chi connectivity index (χ0n) is 16.5. The Morgan fingerprint density at radius 3 is 2.63 bits per heavy atom. The summed E-state index contributed by atoms with van der Waals surface area (Å²) in [5, 5.41) is 10.0. The van der Waals surface area contributed by atoms with Crippen molar-refractivity contribution in [3.05, 3.63) is 11.6 Å². The molecule has 1 N–H and O–H groups in total. The molecule has 0 radical (unpaired) electrons. The van der Waals surface area contributed by atoms with Gasteiger partial charge in [-0.25, -0.2) is 0 Å². The fourth-order valence-corrected chi connectivity index (χ4v) is 7.78. The van der Waals surface area contributed by atoms with Crippen LogP contribution >= 0.6 is 0 Å². The highest BCUT2D eigenvalue weighted by Gasteiger charge is 2.67. The second kappa shape index (κ2) is 5.92. The maximum atomic E-state index is 12.2. The van der Waals surface area contributed by atoms with E-state index in [1.54, 1.807) is 0 Å². The standard InChI is InChI=1S/C22H30O5/c1-13(24)27-16-9-14-10-22(11-15(14)12-23)8-5-17-20(2,18(16)22)6-4-7-21(17,3)19(25)26/h11-12,14,16-18H,4-10H2,1-3H3,(H,25,26)/t14-,16+,17?,18?,20-,21+,22+/m1/s1. The molecule has 3 fully saturated rings. The Hall–Kier alpha value is -1.65. The van der Waals surface area contributed by atoms with Crippen LogP contribution in [0, 0.1) is 34.0 Å². The topological polar surface area (TPSA) is 80.7 Å². The molecule has 5 nitrogen and oxygen atoms in total. The van der Waals surface area contributed by atoms with Gasteiger partial charge in [-0.1, -0.05) is 19.4 Å². The van der Waals surface area contributed by atoms with E-state index in [-0.39, 0.29) is 40.7 Å². The first-order valence-electron chi connectivity index (χ1n) is 10.2. The molecule has 0 amide bonds. The number of rotatable bonds is 3. The molecule has 0 saturated heterocycles. The number of hydrogen-bond donors (Lipinski definition) is 1. The second-order valence-corrected chi connectivity index (χ2v) is 9.93. The van der Waals surface area contributed by atoms with Gasteiger partial charge in [0, 0.05) is 12.8 Å². The molecule has 2 bridgehead atoms. The molecule has 0 aromatic rings. The van der Waals surface area contributed by atoms with Gasteiger partial charge in [0.05, 0.1) is 5.41 Å². The Kier molecular flexibility index (Phi) is 4.10. The lowest BCUT2D eigenvalue weighted by Crippen LogP contribution is -2.62. The third-order valence-electron chi connectivity index (χ3n) is 8.59. The highest BCUT2D eigenvalue weighted by molar-refractivity contribution is 5.76. The van der Waals surface area contributed by atoms with Gasteiger partial charge in [-0.3, -0.25) is 14.4 Å². The molecule has 1 spiro atoms. The summed E-state index contributed by atoms with van der Waals surface area (Å²) in [5.74, 6) is -0.678. The van der Waals surface area contributed by atoms with Crippen molar-refractivity contribution in [2.45, 2.75) is 71.8 Å². The molecule has 3 saturated carbocycles. The van der Waals surface area contributed by atoms with Crippen LogP contribution in [0.3, 0.4) is 0 Å². The summed E-state index contributed by atoms with van der Waals surface area (Å²) < 4.78 is 5.84. The van der Waals surface area contributed by atoms with Crippen molar-refractivity contribution in [3.63, 3.8) is 0 Å². The number of carboxylic acid groups (broad SMARTS) is 1. The van der Waals surface area contributed by atoms with Crippen LogP contribution in [0.25, 0.3) is 0 Å². The normalized spacial score (nSPS) is 48.0. The second-order valence-electron chi connectivity index (χ2n) is 9.93. The van der Waals surface area contributed by atoms with Crippen LogP contribution in [0.15, 0.2) is 11.6 Å². The number of carbonyl (C=O) groups is 3. The molecule has 0 aromatic carbocycles. The molecule has 148 valence electrons. The van der Waals surface area contributed by atoms with Crippen LogP contribution < -0.4 is 0 Å². The summed E-state index contributed by atoms with van der Waals surface area (Å²) in [6.45, 7) is 5.58. The van der Waals surface area contributed by atoms with Gasteiger partial charge in [-0.15, -0.1) is 0 Å². The number of hydrogen-bond acceptors (Lipinski definition) is 4. The summed E-state index contributed by atoms with van der Waals surface area (Å²) in [6.07, 6.45) is 8.82. The van der Waals surface area contributed by atoms with Crippen molar-refractivity contribution in [1.29, 1.82) is 0 Å². The van der Waals surface area contributed by atoms with E-state index in [0.717, 1.165) is 44.0 Å². The van der Waals surface area contributed by atoms with Crippen molar-refractivity contribution in [1.82, 2.24) is 0 Å². The number of aldehydes is 1. The molecule has 27 heavy (non-hydrogen) atoms. The van der Waals surface area contributed by atoms with Crippen LogP contribution in [0.4, 0.5) is 0 Å². The molecule has 4 aliphatic rings. The molecule has 0 aromatic heterocycles. The molecular formula is C22H30O5. The molecule has 4 rings (SSSR count). The lowest BCUT2D eigenvalue weighted by Gasteiger charge is -2.64. The van der Waals surface area contributed by atoms with E-state index in [4.69, 9.17) is 4.74 Å². The average molecular weight is 374 g/mol. The maximum Gasteiger partial charge on any atom is 0.309 e. The van der Waals surface area contributed by atoms with E-state index in [1.807, 2.05) is 6.92 Å². The van der Waals surface area contributed by atoms with Gasteiger partial charge in [0.15, 0.2) is 0 Å². The Morgan fingerprint density at radius 2 is 2.00 bits per heavy atom. The SMILES string of the molecule is CC(=O)O[C@H]1C[C@@H]2C[C@]3(C=C2C=O)CCC2[C@@](C)(CCC[C@]2(C)C(=O)O)C13. The highest BCUT2D eigenvalue weighted by Crippen LogP contribution is 2.71. The van der Waals surface area contributed by atoms with Crippen LogP contribution in [0.5, 0.6) is 0 Å². The highest BCUT2D eigenvalue weighted by atomic mass is 16.5. The van der Waals surface area contributed by atoms with Gasteiger partial charge in [0.2, 0.25) is 0 Å². The monoisotopic (exact) mass is 374 g/mol. The fraction of sp³-hybridized carbons (Fsp3) is 0.773. The maximum absolute atomic E-state index is 12.2. The zero-order valence-corrected chi connectivity index (χ0v) is 16.5. The first-order valence-corrected chi connectivity index (χ1v) is 10.2. The van der Waals surface area contributed by atoms with E-state index in [0.29, 0.717) is 12.8 Å². The number of aliphatic carboxylic acids is 1. The Labute approximate surface area is 160 Å². The van der Waals surface area contributed by atoms with Crippen molar-refractivity contribution in [2.75, 3.05) is 0 Å². The van der Waals surface area contributed by atoms with E-state index in [2.05, 4.69) is 13.0 Å². The van der Waals surface area contributed by atoms with Crippen molar-refractivity contribution in [2.24, 2.45) is 34.0 Å². The first-order chi connectivity index (χ1) is 12.7. The number of fused-ring (bicyclic) bond motifs is 3. The van der Waals surface area contributed by atoms with Crippen LogP contribution in [0.1, 0.15) is 65.7 Å². The minimum atomic E-state index is -0.734. The Balaban J connectivity index is 1.82. The number of carbonyl (C=O) groups excluding carboxylic acids is 2. The van der Waals surface area contributed by atoms with Crippen molar-refractivity contribution >= 4 is 18.2 Å². The smallest absolute Gasteiger partial charge is 0.309 e. The van der Waals surface area contributed by atoms with Gasteiger partial charge >= 0.3 is 11.9 Å². The van der Waals surface area contributed by atoms with Crippen LogP contribution in [0.2, 0.25) is 0 Å². The van der Waals surface area contributed by atoms with E-state index in [9.17, 15) is 19.5 Å². The van der Waals surface area contributed by atoms with Crippen LogP contribution in [-0.2, 0) is 19.1 Å². The molecule has 0 heterocycles. The van der Waals surface area contributed by atoms with Crippen molar-refractivity contribution < 1.29 is 24.2 Å². The zero-order chi connectivity index (χ0) is 19.6. The van der Waals surface area contributed by atoms with Gasteiger partial charge in [0.1, 0.15) is 12.4 Å². The summed E-state index contributed by atoms with van der Waals surface area (Å²) in [7, 11) is 0. The predicted octanol–water partition coefficient (Wildman–Crippen LogP) is 3.76. The molecule has 5 heteroatoms.